The Bertz CT molecular complexity index is 484. The highest BCUT2D eigenvalue weighted by Crippen LogP contribution is 2.64. The number of benzene rings is 1. The maximum absolute atomic E-state index is 14.0. The first kappa shape index (κ1) is 12.8. The third-order valence-corrected chi connectivity index (χ3v) is 5.94. The molecule has 0 spiro atoms. The van der Waals surface area contributed by atoms with Crippen LogP contribution < -0.4 is 0 Å². The van der Waals surface area contributed by atoms with Crippen LogP contribution in [0.3, 0.4) is 0 Å². The summed E-state index contributed by atoms with van der Waals surface area (Å²) in [5.74, 6) is 0.767. The molecule has 5 rings (SSSR count). The van der Waals surface area contributed by atoms with Crippen molar-refractivity contribution < 1.29 is 13.9 Å². The minimum Gasteiger partial charge on any atom is -0.388 e. The predicted molar refractivity (Wildman–Crippen MR) is 71.9 cm³/mol. The van der Waals surface area contributed by atoms with Gasteiger partial charge in [0.25, 0.3) is 0 Å². The van der Waals surface area contributed by atoms with E-state index in [1.807, 2.05) is 0 Å². The third-order valence-electron chi connectivity index (χ3n) is 5.94. The lowest BCUT2D eigenvalue weighted by Crippen LogP contribution is -2.49. The molecule has 4 bridgehead atoms. The van der Waals surface area contributed by atoms with Crippen LogP contribution in [0.5, 0.6) is 0 Å². The smallest absolute Gasteiger partial charge is 0.131 e. The van der Waals surface area contributed by atoms with Crippen molar-refractivity contribution in [2.75, 3.05) is 0 Å². The molecule has 108 valence electrons. The zero-order chi connectivity index (χ0) is 13.9. The van der Waals surface area contributed by atoms with Crippen LogP contribution in [0.1, 0.15) is 50.2 Å². The molecule has 4 fully saturated rings. The quantitative estimate of drug-likeness (QED) is 0.859. The van der Waals surface area contributed by atoms with Gasteiger partial charge < -0.3 is 5.11 Å². The Labute approximate surface area is 118 Å². The van der Waals surface area contributed by atoms with Crippen LogP contribution in [0.25, 0.3) is 0 Å². The van der Waals surface area contributed by atoms with Crippen LogP contribution in [0.2, 0.25) is 0 Å². The van der Waals surface area contributed by atoms with Gasteiger partial charge in [0.15, 0.2) is 0 Å². The van der Waals surface area contributed by atoms with E-state index in [1.54, 1.807) is 0 Å². The molecule has 20 heavy (non-hydrogen) atoms. The van der Waals surface area contributed by atoms with E-state index in [4.69, 9.17) is 0 Å². The van der Waals surface area contributed by atoms with Crippen LogP contribution in [0, 0.1) is 34.8 Å². The van der Waals surface area contributed by atoms with Gasteiger partial charge in [0.05, 0.1) is 11.7 Å². The van der Waals surface area contributed by atoms with Gasteiger partial charge in [0.1, 0.15) is 11.6 Å². The van der Waals surface area contributed by atoms with E-state index < -0.39 is 17.7 Å². The van der Waals surface area contributed by atoms with E-state index in [2.05, 4.69) is 0 Å². The zero-order valence-corrected chi connectivity index (χ0v) is 11.5. The van der Waals surface area contributed by atoms with Crippen molar-refractivity contribution in [3.05, 3.63) is 35.4 Å². The van der Waals surface area contributed by atoms with Gasteiger partial charge >= 0.3 is 0 Å². The Morgan fingerprint density at radius 3 is 1.85 bits per heavy atom. The van der Waals surface area contributed by atoms with Crippen molar-refractivity contribution in [1.82, 2.24) is 0 Å². The highest BCUT2D eigenvalue weighted by Gasteiger charge is 2.55. The summed E-state index contributed by atoms with van der Waals surface area (Å²) >= 11 is 0. The first-order valence-electron chi connectivity index (χ1n) is 7.69. The largest absolute Gasteiger partial charge is 0.388 e. The van der Waals surface area contributed by atoms with Crippen molar-refractivity contribution in [2.45, 2.75) is 44.6 Å². The fraction of sp³-hybridized carbons (Fsp3) is 0.647. The van der Waals surface area contributed by atoms with Gasteiger partial charge in [0.2, 0.25) is 0 Å². The molecule has 0 heterocycles. The van der Waals surface area contributed by atoms with E-state index in [9.17, 15) is 13.9 Å². The summed E-state index contributed by atoms with van der Waals surface area (Å²) in [5.41, 5.74) is -0.382. The summed E-state index contributed by atoms with van der Waals surface area (Å²) < 4.78 is 28.0. The second kappa shape index (κ2) is 4.27. The van der Waals surface area contributed by atoms with Gasteiger partial charge in [-0.15, -0.1) is 0 Å². The highest BCUT2D eigenvalue weighted by molar-refractivity contribution is 5.25. The molecule has 3 heteroatoms. The molecule has 0 radical (unpaired) electrons. The molecule has 0 saturated heterocycles. The van der Waals surface area contributed by atoms with Gasteiger partial charge in [-0.25, -0.2) is 8.78 Å². The molecule has 1 aromatic carbocycles. The number of aliphatic hydroxyl groups is 1. The second-order valence-corrected chi connectivity index (χ2v) is 7.32. The predicted octanol–water partition coefficient (Wildman–Crippen LogP) is 4.21. The lowest BCUT2D eigenvalue weighted by atomic mass is 9.47. The standard InChI is InChI=1S/C17H20F2O/c18-13-2-1-3-14(19)15(13)16(20)17-7-10-4-11(8-17)6-12(5-10)9-17/h1-3,10-12,16,20H,4-9H2. The van der Waals surface area contributed by atoms with E-state index >= 15 is 0 Å². The molecule has 1 N–H and O–H groups in total. The molecule has 4 saturated carbocycles. The molecule has 0 amide bonds. The molecule has 4 aliphatic rings. The lowest BCUT2D eigenvalue weighted by molar-refractivity contribution is -0.124. The summed E-state index contributed by atoms with van der Waals surface area (Å²) in [6.07, 6.45) is 5.59. The minimum absolute atomic E-state index is 0.102. The molecule has 1 nitrogen and oxygen atoms in total. The molecular weight excluding hydrogens is 258 g/mol. The van der Waals surface area contributed by atoms with Crippen molar-refractivity contribution in [3.8, 4) is 0 Å². The average molecular weight is 278 g/mol. The Balaban J connectivity index is 1.73. The van der Waals surface area contributed by atoms with Crippen molar-refractivity contribution in [3.63, 3.8) is 0 Å². The molecule has 1 atom stereocenters. The van der Waals surface area contributed by atoms with Crippen LogP contribution in [-0.4, -0.2) is 5.11 Å². The lowest BCUT2D eigenvalue weighted by Gasteiger charge is -2.58. The van der Waals surface area contributed by atoms with E-state index in [0.717, 1.165) is 19.3 Å². The third kappa shape index (κ3) is 1.75. The zero-order valence-electron chi connectivity index (χ0n) is 11.5. The highest BCUT2D eigenvalue weighted by atomic mass is 19.1. The van der Waals surface area contributed by atoms with Crippen molar-refractivity contribution in [2.24, 2.45) is 23.2 Å². The Hall–Kier alpha value is -0.960. The summed E-state index contributed by atoms with van der Waals surface area (Å²) in [5, 5.41) is 10.8. The summed E-state index contributed by atoms with van der Waals surface area (Å²) in [7, 11) is 0. The monoisotopic (exact) mass is 278 g/mol. The van der Waals surface area contributed by atoms with E-state index in [-0.39, 0.29) is 11.0 Å². The van der Waals surface area contributed by atoms with Crippen molar-refractivity contribution >= 4 is 0 Å². The summed E-state index contributed by atoms with van der Waals surface area (Å²) in [4.78, 5) is 0. The average Bonchev–Trinajstić information content (AvgIpc) is 2.36. The second-order valence-electron chi connectivity index (χ2n) is 7.32. The van der Waals surface area contributed by atoms with Crippen LogP contribution in [-0.2, 0) is 0 Å². The summed E-state index contributed by atoms with van der Waals surface area (Å²) in [6, 6.07) is 3.87. The molecule has 0 aliphatic heterocycles. The number of hydrogen-bond acceptors (Lipinski definition) is 1. The number of halogens is 2. The maximum Gasteiger partial charge on any atom is 0.131 e. The van der Waals surface area contributed by atoms with Crippen LogP contribution in [0.4, 0.5) is 8.78 Å². The Morgan fingerprint density at radius 2 is 1.40 bits per heavy atom. The first-order valence-corrected chi connectivity index (χ1v) is 7.69. The van der Waals surface area contributed by atoms with Gasteiger partial charge in [-0.3, -0.25) is 0 Å². The number of hydrogen-bond donors (Lipinski definition) is 1. The van der Waals surface area contributed by atoms with Crippen molar-refractivity contribution in [1.29, 1.82) is 0 Å². The normalized spacial score (nSPS) is 40.0. The molecule has 4 aliphatic carbocycles. The molecule has 1 unspecified atom stereocenters. The van der Waals surface area contributed by atoms with Gasteiger partial charge in [-0.05, 0) is 68.4 Å². The Morgan fingerprint density at radius 1 is 0.950 bits per heavy atom. The van der Waals surface area contributed by atoms with Crippen LogP contribution in [0.15, 0.2) is 18.2 Å². The van der Waals surface area contributed by atoms with Gasteiger partial charge in [-0.1, -0.05) is 6.07 Å². The molecule has 1 aromatic rings. The van der Waals surface area contributed by atoms with Gasteiger partial charge in [0, 0.05) is 5.41 Å². The topological polar surface area (TPSA) is 20.2 Å². The fourth-order valence-corrected chi connectivity index (χ4v) is 5.59. The minimum atomic E-state index is -0.989. The maximum atomic E-state index is 14.0. The summed E-state index contributed by atoms with van der Waals surface area (Å²) in [6.45, 7) is 0. The molecule has 0 aromatic heterocycles. The van der Waals surface area contributed by atoms with E-state index in [0.29, 0.717) is 17.8 Å². The number of aliphatic hydroxyl groups excluding tert-OH is 1. The fourth-order valence-electron chi connectivity index (χ4n) is 5.59. The Kier molecular flexibility index (Phi) is 2.72. The van der Waals surface area contributed by atoms with Crippen LogP contribution >= 0.6 is 0 Å². The first-order chi connectivity index (χ1) is 9.57. The number of rotatable bonds is 2. The van der Waals surface area contributed by atoms with Gasteiger partial charge in [-0.2, -0.15) is 0 Å². The van der Waals surface area contributed by atoms with E-state index in [1.165, 1.54) is 37.5 Å². The SMILES string of the molecule is OC(c1c(F)cccc1F)C12CC3CC(CC(C3)C1)C2. The molecular formula is C17H20F2O.